The van der Waals surface area contributed by atoms with Crippen LogP contribution in [-0.2, 0) is 14.3 Å². The van der Waals surface area contributed by atoms with Gasteiger partial charge in [0.05, 0.1) is 20.8 Å². The second-order valence-electron chi connectivity index (χ2n) is 3.72. The Labute approximate surface area is 117 Å². The summed E-state index contributed by atoms with van der Waals surface area (Å²) < 4.78 is 14.4. The largest absolute Gasteiger partial charge is 0.497 e. The second kappa shape index (κ2) is 8.00. The summed E-state index contributed by atoms with van der Waals surface area (Å²) >= 11 is 0. The van der Waals surface area contributed by atoms with Crippen LogP contribution < -0.4 is 15.6 Å². The summed E-state index contributed by atoms with van der Waals surface area (Å²) in [5.41, 5.74) is 5.45. The first-order valence-corrected chi connectivity index (χ1v) is 6.02. The average molecular weight is 282 g/mol. The number of nitrogens with one attached hydrogen (secondary N) is 2. The number of hydrogen-bond acceptors (Lipinski definition) is 6. The minimum atomic E-state index is -0.833. The SMILES string of the molecule is CCOC(=O)C(NNC(=O)OC)c1ccc(OC)cc1. The van der Waals surface area contributed by atoms with E-state index in [-0.39, 0.29) is 6.61 Å². The summed E-state index contributed by atoms with van der Waals surface area (Å²) in [7, 11) is 2.78. The van der Waals surface area contributed by atoms with Crippen LogP contribution in [-0.4, -0.2) is 32.9 Å². The van der Waals surface area contributed by atoms with E-state index in [2.05, 4.69) is 15.6 Å². The van der Waals surface area contributed by atoms with Gasteiger partial charge in [-0.25, -0.2) is 15.0 Å². The Morgan fingerprint density at radius 3 is 2.35 bits per heavy atom. The zero-order chi connectivity index (χ0) is 15.0. The molecule has 20 heavy (non-hydrogen) atoms. The Morgan fingerprint density at radius 2 is 1.85 bits per heavy atom. The number of benzene rings is 1. The summed E-state index contributed by atoms with van der Waals surface area (Å²) in [6.07, 6.45) is -0.701. The Hall–Kier alpha value is -2.28. The molecule has 1 atom stereocenters. The molecule has 1 amide bonds. The highest BCUT2D eigenvalue weighted by molar-refractivity contribution is 5.78. The van der Waals surface area contributed by atoms with Crippen molar-refractivity contribution in [3.8, 4) is 5.75 Å². The van der Waals surface area contributed by atoms with Crippen LogP contribution in [0.3, 0.4) is 0 Å². The normalized spacial score (nSPS) is 11.3. The predicted molar refractivity (Wildman–Crippen MR) is 71.0 cm³/mol. The van der Waals surface area contributed by atoms with Crippen LogP contribution in [0.2, 0.25) is 0 Å². The molecule has 0 fully saturated rings. The molecule has 0 bridgehead atoms. The molecule has 1 rings (SSSR count). The summed E-state index contributed by atoms with van der Waals surface area (Å²) in [4.78, 5) is 23.0. The Morgan fingerprint density at radius 1 is 1.20 bits per heavy atom. The van der Waals surface area contributed by atoms with Crippen molar-refractivity contribution < 1.29 is 23.8 Å². The molecule has 0 aliphatic carbocycles. The van der Waals surface area contributed by atoms with Crippen molar-refractivity contribution in [1.82, 2.24) is 10.9 Å². The van der Waals surface area contributed by atoms with Gasteiger partial charge >= 0.3 is 12.1 Å². The van der Waals surface area contributed by atoms with Gasteiger partial charge in [0, 0.05) is 0 Å². The van der Waals surface area contributed by atoms with Crippen molar-refractivity contribution in [2.24, 2.45) is 0 Å². The van der Waals surface area contributed by atoms with Crippen molar-refractivity contribution in [2.45, 2.75) is 13.0 Å². The molecule has 0 radical (unpaired) electrons. The number of carbonyl (C=O) groups excluding carboxylic acids is 2. The molecule has 0 saturated heterocycles. The number of methoxy groups -OCH3 is 2. The number of ether oxygens (including phenoxy) is 3. The lowest BCUT2D eigenvalue weighted by atomic mass is 10.1. The standard InChI is InChI=1S/C13H18N2O5/c1-4-20-12(16)11(14-15-13(17)19-3)9-5-7-10(18-2)8-6-9/h5-8,11,14H,4H2,1-3H3,(H,15,17). The fourth-order valence-electron chi connectivity index (χ4n) is 1.48. The predicted octanol–water partition coefficient (Wildman–Crippen LogP) is 1.16. The molecule has 0 aliphatic rings. The molecular formula is C13H18N2O5. The summed E-state index contributed by atoms with van der Waals surface area (Å²) in [6.45, 7) is 1.95. The maximum absolute atomic E-state index is 11.9. The zero-order valence-corrected chi connectivity index (χ0v) is 11.6. The minimum absolute atomic E-state index is 0.241. The van der Waals surface area contributed by atoms with E-state index >= 15 is 0 Å². The second-order valence-corrected chi connectivity index (χ2v) is 3.72. The topological polar surface area (TPSA) is 85.9 Å². The first kappa shape index (κ1) is 15.8. The summed E-state index contributed by atoms with van der Waals surface area (Å²) in [5, 5.41) is 0. The molecular weight excluding hydrogens is 264 g/mol. The molecule has 0 aromatic heterocycles. The minimum Gasteiger partial charge on any atom is -0.497 e. The number of esters is 1. The molecule has 1 unspecified atom stereocenters. The van der Waals surface area contributed by atoms with E-state index in [1.807, 2.05) is 0 Å². The average Bonchev–Trinajstić information content (AvgIpc) is 2.48. The number of carbonyl (C=O) groups is 2. The van der Waals surface area contributed by atoms with Gasteiger partial charge in [0.1, 0.15) is 11.8 Å². The highest BCUT2D eigenvalue weighted by Crippen LogP contribution is 2.18. The lowest BCUT2D eigenvalue weighted by molar-refractivity contribution is -0.146. The van der Waals surface area contributed by atoms with Gasteiger partial charge in [0.2, 0.25) is 0 Å². The molecule has 0 saturated carbocycles. The van der Waals surface area contributed by atoms with Gasteiger partial charge in [0.25, 0.3) is 0 Å². The number of rotatable bonds is 6. The Kier molecular flexibility index (Phi) is 6.31. The molecule has 7 nitrogen and oxygen atoms in total. The Balaban J connectivity index is 2.84. The van der Waals surface area contributed by atoms with E-state index in [9.17, 15) is 9.59 Å². The third kappa shape index (κ3) is 4.43. The quantitative estimate of drug-likeness (QED) is 0.601. The first-order chi connectivity index (χ1) is 9.62. The third-order valence-corrected chi connectivity index (χ3v) is 2.48. The van der Waals surface area contributed by atoms with E-state index in [1.165, 1.54) is 7.11 Å². The van der Waals surface area contributed by atoms with Crippen LogP contribution >= 0.6 is 0 Å². The zero-order valence-electron chi connectivity index (χ0n) is 11.6. The van der Waals surface area contributed by atoms with Gasteiger partial charge < -0.3 is 14.2 Å². The fourth-order valence-corrected chi connectivity index (χ4v) is 1.48. The van der Waals surface area contributed by atoms with Crippen molar-refractivity contribution >= 4 is 12.1 Å². The van der Waals surface area contributed by atoms with Crippen molar-refractivity contribution in [1.29, 1.82) is 0 Å². The molecule has 110 valence electrons. The fraction of sp³-hybridized carbons (Fsp3) is 0.385. The maximum atomic E-state index is 11.9. The van der Waals surface area contributed by atoms with Crippen molar-refractivity contribution in [2.75, 3.05) is 20.8 Å². The van der Waals surface area contributed by atoms with Gasteiger partial charge in [-0.15, -0.1) is 0 Å². The van der Waals surface area contributed by atoms with Crippen molar-refractivity contribution in [3.63, 3.8) is 0 Å². The Bertz CT molecular complexity index is 447. The van der Waals surface area contributed by atoms with Crippen LogP contribution in [0.5, 0.6) is 5.75 Å². The molecule has 7 heteroatoms. The van der Waals surface area contributed by atoms with Crippen LogP contribution in [0, 0.1) is 0 Å². The van der Waals surface area contributed by atoms with Gasteiger partial charge in [-0.3, -0.25) is 5.43 Å². The number of amides is 1. The van der Waals surface area contributed by atoms with Crippen LogP contribution in [0.1, 0.15) is 18.5 Å². The molecule has 0 spiro atoms. The lowest BCUT2D eigenvalue weighted by Gasteiger charge is -2.18. The van der Waals surface area contributed by atoms with Crippen molar-refractivity contribution in [3.05, 3.63) is 29.8 Å². The maximum Gasteiger partial charge on any atom is 0.421 e. The summed E-state index contributed by atoms with van der Waals surface area (Å²) in [6, 6.07) is 5.99. The summed E-state index contributed by atoms with van der Waals surface area (Å²) in [5.74, 6) is 0.159. The monoisotopic (exact) mass is 282 g/mol. The van der Waals surface area contributed by atoms with Crippen LogP contribution in [0.25, 0.3) is 0 Å². The lowest BCUT2D eigenvalue weighted by Crippen LogP contribution is -2.43. The molecule has 1 aromatic rings. The van der Waals surface area contributed by atoms with Gasteiger partial charge in [0.15, 0.2) is 0 Å². The van der Waals surface area contributed by atoms with E-state index in [0.29, 0.717) is 11.3 Å². The van der Waals surface area contributed by atoms with Crippen LogP contribution in [0.15, 0.2) is 24.3 Å². The highest BCUT2D eigenvalue weighted by atomic mass is 16.5. The first-order valence-electron chi connectivity index (χ1n) is 6.02. The highest BCUT2D eigenvalue weighted by Gasteiger charge is 2.22. The molecule has 0 aliphatic heterocycles. The van der Waals surface area contributed by atoms with Gasteiger partial charge in [-0.1, -0.05) is 12.1 Å². The van der Waals surface area contributed by atoms with E-state index in [0.717, 1.165) is 0 Å². The van der Waals surface area contributed by atoms with E-state index in [4.69, 9.17) is 9.47 Å². The van der Waals surface area contributed by atoms with E-state index < -0.39 is 18.1 Å². The molecule has 2 N–H and O–H groups in total. The molecule has 1 aromatic carbocycles. The van der Waals surface area contributed by atoms with Crippen LogP contribution in [0.4, 0.5) is 4.79 Å². The number of hydrazine groups is 1. The molecule has 0 heterocycles. The van der Waals surface area contributed by atoms with Gasteiger partial charge in [-0.2, -0.15) is 0 Å². The smallest absolute Gasteiger partial charge is 0.421 e. The van der Waals surface area contributed by atoms with E-state index in [1.54, 1.807) is 38.3 Å². The van der Waals surface area contributed by atoms with Gasteiger partial charge in [-0.05, 0) is 24.6 Å². The third-order valence-electron chi connectivity index (χ3n) is 2.48. The number of hydrogen-bond donors (Lipinski definition) is 2.